The summed E-state index contributed by atoms with van der Waals surface area (Å²) in [6.45, 7) is -1.15. The Morgan fingerprint density at radius 3 is 3.30 bits per heavy atom. The highest BCUT2D eigenvalue weighted by Crippen LogP contribution is 2.12. The van der Waals surface area contributed by atoms with E-state index in [0.29, 0.717) is 17.8 Å². The van der Waals surface area contributed by atoms with E-state index in [9.17, 15) is 4.79 Å². The molecule has 2 rings (SSSR count). The smallest absolute Gasteiger partial charge is 0.253 e. The third-order valence-electron chi connectivity index (χ3n) is 1.50. The lowest BCUT2D eigenvalue weighted by Crippen LogP contribution is -2.20. The van der Waals surface area contributed by atoms with Crippen LogP contribution in [0.4, 0.5) is 0 Å². The van der Waals surface area contributed by atoms with Crippen molar-refractivity contribution < 1.29 is 7.54 Å². The minimum Gasteiger partial charge on any atom is -0.383 e. The fraction of sp³-hybridized carbons (Fsp3) is 0.286. The maximum atomic E-state index is 11.1. The van der Waals surface area contributed by atoms with Crippen molar-refractivity contribution in [3.05, 3.63) is 23.4 Å². The fourth-order valence-electron chi connectivity index (χ4n) is 1.00. The standard InChI is InChI=1S/C7H8N2O/c10-7-5-2-1-3-8-6(5)4-9-7/h1-2,8H,3-4H2,(H,9,10)/i4D2. The Labute approximate surface area is 61.6 Å². The summed E-state index contributed by atoms with van der Waals surface area (Å²) in [5.41, 5.74) is 0.765. The van der Waals surface area contributed by atoms with E-state index in [-0.39, 0.29) is 5.91 Å². The molecule has 0 atom stereocenters. The zero-order valence-electron chi connectivity index (χ0n) is 7.27. The monoisotopic (exact) mass is 138 g/mol. The third-order valence-corrected chi connectivity index (χ3v) is 1.50. The first-order chi connectivity index (χ1) is 5.61. The molecule has 0 spiro atoms. The van der Waals surface area contributed by atoms with Crippen molar-refractivity contribution in [1.29, 1.82) is 0 Å². The number of carbonyl (C=O) groups excluding carboxylic acids is 1. The molecule has 0 saturated carbocycles. The van der Waals surface area contributed by atoms with Gasteiger partial charge in [-0.3, -0.25) is 4.79 Å². The summed E-state index contributed by atoms with van der Waals surface area (Å²) in [7, 11) is 0. The van der Waals surface area contributed by atoms with Crippen molar-refractivity contribution in [1.82, 2.24) is 10.6 Å². The molecule has 2 aliphatic heterocycles. The van der Waals surface area contributed by atoms with Gasteiger partial charge in [-0.1, -0.05) is 6.08 Å². The highest BCUT2D eigenvalue weighted by Gasteiger charge is 2.20. The van der Waals surface area contributed by atoms with Crippen LogP contribution in [0.3, 0.4) is 0 Å². The van der Waals surface area contributed by atoms with E-state index in [2.05, 4.69) is 10.6 Å². The summed E-state index contributed by atoms with van der Waals surface area (Å²) in [6, 6.07) is 0. The van der Waals surface area contributed by atoms with Gasteiger partial charge in [0.15, 0.2) is 0 Å². The Morgan fingerprint density at radius 2 is 2.50 bits per heavy atom. The second kappa shape index (κ2) is 1.87. The average Bonchev–Trinajstić information content (AvgIpc) is 2.25. The van der Waals surface area contributed by atoms with Crippen LogP contribution in [0.25, 0.3) is 0 Å². The molecule has 0 radical (unpaired) electrons. The summed E-state index contributed by atoms with van der Waals surface area (Å²) < 4.78 is 14.8. The minimum atomic E-state index is -1.73. The van der Waals surface area contributed by atoms with E-state index < -0.39 is 6.50 Å². The van der Waals surface area contributed by atoms with Gasteiger partial charge >= 0.3 is 0 Å². The van der Waals surface area contributed by atoms with E-state index in [1.807, 2.05) is 0 Å². The number of carbonyl (C=O) groups is 1. The Bertz CT molecular complexity index is 307. The quantitative estimate of drug-likeness (QED) is 0.475. The number of dihydropyridines is 1. The molecule has 0 aliphatic carbocycles. The maximum absolute atomic E-state index is 11.1. The van der Waals surface area contributed by atoms with Gasteiger partial charge < -0.3 is 10.6 Å². The molecule has 2 aliphatic rings. The number of nitrogens with one attached hydrogen (secondary N) is 2. The molecule has 0 bridgehead atoms. The normalized spacial score (nSPS) is 30.2. The van der Waals surface area contributed by atoms with Crippen molar-refractivity contribution in [3.8, 4) is 0 Å². The molecule has 0 fully saturated rings. The Morgan fingerprint density at radius 1 is 1.60 bits per heavy atom. The van der Waals surface area contributed by atoms with Gasteiger partial charge in [0, 0.05) is 12.2 Å². The molecule has 0 aromatic carbocycles. The first kappa shape index (κ1) is 3.81. The van der Waals surface area contributed by atoms with Crippen molar-refractivity contribution in [3.63, 3.8) is 0 Å². The molecule has 0 aromatic rings. The third kappa shape index (κ3) is 0.635. The van der Waals surface area contributed by atoms with E-state index in [1.54, 1.807) is 12.2 Å². The van der Waals surface area contributed by atoms with Crippen molar-refractivity contribution >= 4 is 5.91 Å². The zero-order valence-corrected chi connectivity index (χ0v) is 5.27. The molecular weight excluding hydrogens is 128 g/mol. The molecule has 10 heavy (non-hydrogen) atoms. The van der Waals surface area contributed by atoms with Gasteiger partial charge in [-0.05, 0) is 6.08 Å². The second-order valence-corrected chi connectivity index (χ2v) is 2.15. The van der Waals surface area contributed by atoms with Gasteiger partial charge in [0.2, 0.25) is 0 Å². The molecular formula is C7H8N2O. The van der Waals surface area contributed by atoms with Crippen LogP contribution in [0.15, 0.2) is 23.4 Å². The summed E-state index contributed by atoms with van der Waals surface area (Å²) in [6.07, 6.45) is 3.44. The van der Waals surface area contributed by atoms with Crippen LogP contribution in [-0.4, -0.2) is 18.9 Å². The highest BCUT2D eigenvalue weighted by molar-refractivity contribution is 5.99. The number of amides is 1. The summed E-state index contributed by atoms with van der Waals surface area (Å²) in [5.74, 6) is -0.349. The highest BCUT2D eigenvalue weighted by atomic mass is 16.1. The Kier molecular flexibility index (Phi) is 0.711. The summed E-state index contributed by atoms with van der Waals surface area (Å²) in [4.78, 5) is 11.1. The van der Waals surface area contributed by atoms with Gasteiger partial charge in [-0.15, -0.1) is 0 Å². The predicted molar refractivity (Wildman–Crippen MR) is 37.2 cm³/mol. The van der Waals surface area contributed by atoms with Gasteiger partial charge in [0.25, 0.3) is 5.91 Å². The number of hydrogen-bond donors (Lipinski definition) is 2. The topological polar surface area (TPSA) is 41.1 Å². The lowest BCUT2D eigenvalue weighted by molar-refractivity contribution is -0.116. The van der Waals surface area contributed by atoms with Crippen molar-refractivity contribution in [2.45, 2.75) is 0 Å². The van der Waals surface area contributed by atoms with Crippen LogP contribution in [0.5, 0.6) is 0 Å². The summed E-state index contributed by atoms with van der Waals surface area (Å²) in [5, 5.41) is 5.08. The lowest BCUT2D eigenvalue weighted by Gasteiger charge is -2.07. The van der Waals surface area contributed by atoms with Crippen molar-refractivity contribution in [2.75, 3.05) is 13.0 Å². The van der Waals surface area contributed by atoms with Crippen molar-refractivity contribution in [2.24, 2.45) is 0 Å². The minimum absolute atomic E-state index is 0.349. The van der Waals surface area contributed by atoms with E-state index in [1.165, 1.54) is 0 Å². The van der Waals surface area contributed by atoms with E-state index in [0.717, 1.165) is 0 Å². The Balaban J connectivity index is 2.48. The molecule has 0 aromatic heterocycles. The maximum Gasteiger partial charge on any atom is 0.253 e. The fourth-order valence-corrected chi connectivity index (χ4v) is 1.00. The van der Waals surface area contributed by atoms with Gasteiger partial charge in [-0.25, -0.2) is 0 Å². The molecule has 2 N–H and O–H groups in total. The number of hydrogen-bond acceptors (Lipinski definition) is 2. The van der Waals surface area contributed by atoms with Crippen LogP contribution in [0.2, 0.25) is 0 Å². The summed E-state index contributed by atoms with van der Waals surface area (Å²) >= 11 is 0. The van der Waals surface area contributed by atoms with Gasteiger partial charge in [-0.2, -0.15) is 0 Å². The van der Waals surface area contributed by atoms with Gasteiger partial charge in [0.05, 0.1) is 14.8 Å². The first-order valence-electron chi connectivity index (χ1n) is 4.09. The molecule has 3 heteroatoms. The van der Waals surface area contributed by atoms with Crippen LogP contribution >= 0.6 is 0 Å². The molecule has 52 valence electrons. The first-order valence-corrected chi connectivity index (χ1v) is 3.09. The van der Waals surface area contributed by atoms with E-state index >= 15 is 0 Å². The second-order valence-electron chi connectivity index (χ2n) is 2.15. The largest absolute Gasteiger partial charge is 0.383 e. The van der Waals surface area contributed by atoms with Crippen LogP contribution in [0.1, 0.15) is 2.74 Å². The molecule has 0 unspecified atom stereocenters. The van der Waals surface area contributed by atoms with E-state index in [4.69, 9.17) is 2.74 Å². The van der Waals surface area contributed by atoms with Crippen LogP contribution in [-0.2, 0) is 4.79 Å². The zero-order chi connectivity index (χ0) is 8.77. The SMILES string of the molecule is [2H]C1([2H])NC(=O)C2=C1NCC=C2. The molecule has 1 amide bonds. The van der Waals surface area contributed by atoms with Crippen LogP contribution < -0.4 is 10.6 Å². The molecule has 2 heterocycles. The van der Waals surface area contributed by atoms with Gasteiger partial charge in [0.1, 0.15) is 0 Å². The number of rotatable bonds is 0. The molecule has 3 nitrogen and oxygen atoms in total. The molecule has 0 saturated heterocycles. The van der Waals surface area contributed by atoms with Crippen LogP contribution in [0, 0.1) is 0 Å². The lowest BCUT2D eigenvalue weighted by atomic mass is 10.2. The predicted octanol–water partition coefficient (Wildman–Crippen LogP) is -0.470. The average molecular weight is 138 g/mol. The Hall–Kier alpha value is -1.25.